The highest BCUT2D eigenvalue weighted by atomic mass is 32.2. The van der Waals surface area contributed by atoms with Gasteiger partial charge in [0.05, 0.1) is 11.1 Å². The number of nitrogens with one attached hydrogen (secondary N) is 1. The number of hydrogen-bond acceptors (Lipinski definition) is 3. The number of halogens is 3. The summed E-state index contributed by atoms with van der Waals surface area (Å²) in [6.45, 7) is 4.26. The van der Waals surface area contributed by atoms with Crippen LogP contribution < -0.4 is 4.72 Å². The van der Waals surface area contributed by atoms with E-state index in [1.807, 2.05) is 6.92 Å². The molecule has 1 atom stereocenters. The lowest BCUT2D eigenvalue weighted by atomic mass is 10.1. The maximum Gasteiger partial charge on any atom is 0.241 e. The molecule has 0 aliphatic rings. The van der Waals surface area contributed by atoms with Crippen molar-refractivity contribution in [2.75, 3.05) is 0 Å². The molecule has 1 unspecified atom stereocenters. The highest BCUT2D eigenvalue weighted by molar-refractivity contribution is 7.89. The molecule has 2 rings (SSSR count). The van der Waals surface area contributed by atoms with E-state index >= 15 is 0 Å². The van der Waals surface area contributed by atoms with Gasteiger partial charge in [0.25, 0.3) is 0 Å². The number of rotatable bonds is 6. The fourth-order valence-electron chi connectivity index (χ4n) is 2.06. The topological polar surface area (TPSA) is 64.0 Å². The Hall–Kier alpha value is -1.87. The Kier molecular flexibility index (Phi) is 5.10. The molecule has 0 spiro atoms. The molecule has 1 aromatic heterocycles. The summed E-state index contributed by atoms with van der Waals surface area (Å²) in [5.41, 5.74) is 0.626. The number of nitrogens with zero attached hydrogens (tertiary/aromatic N) is 2. The summed E-state index contributed by atoms with van der Waals surface area (Å²) >= 11 is 0. The first kappa shape index (κ1) is 17.5. The van der Waals surface area contributed by atoms with Crippen molar-refractivity contribution in [3.63, 3.8) is 0 Å². The van der Waals surface area contributed by atoms with Gasteiger partial charge in [0.1, 0.15) is 0 Å². The molecule has 9 heteroatoms. The first-order chi connectivity index (χ1) is 10.8. The molecule has 0 saturated carbocycles. The Bertz CT molecular complexity index is 782. The molecular formula is C14H16F3N3O2S. The minimum absolute atomic E-state index is 0.404. The molecule has 23 heavy (non-hydrogen) atoms. The number of hydrogen-bond donors (Lipinski definition) is 1. The zero-order valence-corrected chi connectivity index (χ0v) is 13.4. The Morgan fingerprint density at radius 2 is 1.83 bits per heavy atom. The molecule has 0 radical (unpaired) electrons. The molecule has 1 aromatic carbocycles. The largest absolute Gasteiger partial charge is 0.273 e. The lowest BCUT2D eigenvalue weighted by molar-refractivity contribution is 0.442. The van der Waals surface area contributed by atoms with Crippen LogP contribution in [0.3, 0.4) is 0 Å². The van der Waals surface area contributed by atoms with Crippen molar-refractivity contribution < 1.29 is 21.6 Å². The van der Waals surface area contributed by atoms with E-state index in [9.17, 15) is 21.6 Å². The van der Waals surface area contributed by atoms with E-state index in [1.54, 1.807) is 17.8 Å². The van der Waals surface area contributed by atoms with Gasteiger partial charge in [0.15, 0.2) is 17.5 Å². The van der Waals surface area contributed by atoms with Crippen molar-refractivity contribution in [1.29, 1.82) is 0 Å². The summed E-state index contributed by atoms with van der Waals surface area (Å²) < 4.78 is 68.0. The highest BCUT2D eigenvalue weighted by Crippen LogP contribution is 2.22. The van der Waals surface area contributed by atoms with E-state index in [1.165, 1.54) is 6.20 Å². The fraction of sp³-hybridized carbons (Fsp3) is 0.357. The summed E-state index contributed by atoms with van der Waals surface area (Å²) in [7, 11) is -4.21. The first-order valence-electron chi connectivity index (χ1n) is 6.97. The van der Waals surface area contributed by atoms with Crippen molar-refractivity contribution in [3.05, 3.63) is 47.5 Å². The number of aryl methyl sites for hydroxylation is 1. The summed E-state index contributed by atoms with van der Waals surface area (Å²) in [5, 5.41) is 4.06. The van der Waals surface area contributed by atoms with Crippen LogP contribution in [-0.4, -0.2) is 18.2 Å². The molecule has 0 fully saturated rings. The predicted molar refractivity (Wildman–Crippen MR) is 77.6 cm³/mol. The van der Waals surface area contributed by atoms with Gasteiger partial charge in [-0.2, -0.15) is 5.10 Å². The molecule has 0 bridgehead atoms. The van der Waals surface area contributed by atoms with Gasteiger partial charge in [-0.25, -0.2) is 26.3 Å². The van der Waals surface area contributed by atoms with E-state index in [0.717, 1.165) is 0 Å². The molecule has 126 valence electrons. The number of aromatic nitrogens is 2. The summed E-state index contributed by atoms with van der Waals surface area (Å²) in [6, 6.07) is 0.280. The van der Waals surface area contributed by atoms with Crippen molar-refractivity contribution >= 4 is 10.0 Å². The Morgan fingerprint density at radius 1 is 1.22 bits per heavy atom. The number of benzene rings is 1. The van der Waals surface area contributed by atoms with Crippen LogP contribution in [0.4, 0.5) is 13.2 Å². The second-order valence-electron chi connectivity index (χ2n) is 4.91. The highest BCUT2D eigenvalue weighted by Gasteiger charge is 2.24. The maximum atomic E-state index is 13.2. The minimum Gasteiger partial charge on any atom is -0.273 e. The van der Waals surface area contributed by atoms with Crippen LogP contribution in [0.2, 0.25) is 0 Å². The molecule has 1 heterocycles. The Balaban J connectivity index is 2.32. The number of sulfonamides is 1. The van der Waals surface area contributed by atoms with Crippen molar-refractivity contribution in [3.8, 4) is 0 Å². The second kappa shape index (κ2) is 6.71. The second-order valence-corrected chi connectivity index (χ2v) is 6.63. The molecule has 0 aliphatic carbocycles. The van der Waals surface area contributed by atoms with Crippen LogP contribution >= 0.6 is 0 Å². The Morgan fingerprint density at radius 3 is 2.30 bits per heavy atom. The van der Waals surface area contributed by atoms with Gasteiger partial charge in [-0.3, -0.25) is 4.68 Å². The lowest BCUT2D eigenvalue weighted by Crippen LogP contribution is -2.28. The van der Waals surface area contributed by atoms with Gasteiger partial charge in [-0.15, -0.1) is 0 Å². The van der Waals surface area contributed by atoms with E-state index in [0.29, 0.717) is 30.7 Å². The molecule has 5 nitrogen and oxygen atoms in total. The van der Waals surface area contributed by atoms with Gasteiger partial charge in [-0.1, -0.05) is 6.92 Å². The third-order valence-electron chi connectivity index (χ3n) is 3.35. The molecule has 0 amide bonds. The smallest absolute Gasteiger partial charge is 0.241 e. The van der Waals surface area contributed by atoms with Gasteiger partial charge in [0.2, 0.25) is 10.0 Å². The third-order valence-corrected chi connectivity index (χ3v) is 4.80. The van der Waals surface area contributed by atoms with Crippen LogP contribution in [-0.2, 0) is 16.6 Å². The average molecular weight is 347 g/mol. The van der Waals surface area contributed by atoms with Gasteiger partial charge >= 0.3 is 0 Å². The normalized spacial score (nSPS) is 13.3. The Labute approximate surface area is 132 Å². The zero-order chi connectivity index (χ0) is 17.2. The zero-order valence-electron chi connectivity index (χ0n) is 12.6. The predicted octanol–water partition coefficient (Wildman–Crippen LogP) is 2.75. The van der Waals surface area contributed by atoms with Crippen LogP contribution in [0, 0.1) is 17.5 Å². The molecule has 2 aromatic rings. The van der Waals surface area contributed by atoms with Gasteiger partial charge in [-0.05, 0) is 25.5 Å². The van der Waals surface area contributed by atoms with Crippen LogP contribution in [0.25, 0.3) is 0 Å². The van der Waals surface area contributed by atoms with E-state index in [4.69, 9.17) is 0 Å². The summed E-state index contributed by atoms with van der Waals surface area (Å²) in [4.78, 5) is -0.671. The lowest BCUT2D eigenvalue weighted by Gasteiger charge is -2.16. The molecule has 1 N–H and O–H groups in total. The minimum atomic E-state index is -4.21. The third kappa shape index (κ3) is 3.73. The summed E-state index contributed by atoms with van der Waals surface area (Å²) in [5.74, 6) is -4.82. The van der Waals surface area contributed by atoms with Gasteiger partial charge < -0.3 is 0 Å². The van der Waals surface area contributed by atoms with Crippen LogP contribution in [0.1, 0.15) is 31.9 Å². The monoisotopic (exact) mass is 347 g/mol. The fourth-order valence-corrected chi connectivity index (χ4v) is 3.39. The molecular weight excluding hydrogens is 331 g/mol. The van der Waals surface area contributed by atoms with Crippen molar-refractivity contribution in [2.45, 2.75) is 37.8 Å². The quantitative estimate of drug-likeness (QED) is 0.817. The molecule has 0 saturated heterocycles. The van der Waals surface area contributed by atoms with Crippen LogP contribution in [0.15, 0.2) is 29.4 Å². The summed E-state index contributed by atoms with van der Waals surface area (Å²) in [6.07, 6.45) is 3.61. The van der Waals surface area contributed by atoms with E-state index in [-0.39, 0.29) is 0 Å². The van der Waals surface area contributed by atoms with Gasteiger partial charge in [0, 0.05) is 24.3 Å². The SMILES string of the molecule is CCC(NS(=O)(=O)c1cc(F)c(F)c(F)c1)c1cnn(CC)c1. The van der Waals surface area contributed by atoms with Crippen molar-refractivity contribution in [1.82, 2.24) is 14.5 Å². The maximum absolute atomic E-state index is 13.2. The van der Waals surface area contributed by atoms with Crippen LogP contribution in [0.5, 0.6) is 0 Å². The molecule has 0 aliphatic heterocycles. The van der Waals surface area contributed by atoms with Crippen molar-refractivity contribution in [2.24, 2.45) is 0 Å². The van der Waals surface area contributed by atoms with E-state index < -0.39 is 38.4 Å². The standard InChI is InChI=1S/C14H16F3N3O2S/c1-3-13(9-7-18-20(4-2)8-9)19-23(21,22)10-5-11(15)14(17)12(16)6-10/h5-8,13,19H,3-4H2,1-2H3. The first-order valence-corrected chi connectivity index (χ1v) is 8.46. The van der Waals surface area contributed by atoms with E-state index in [2.05, 4.69) is 9.82 Å². The average Bonchev–Trinajstić information content (AvgIpc) is 2.98.